The molecule has 1 rings (SSSR count). The van der Waals surface area contributed by atoms with E-state index in [0.717, 1.165) is 12.3 Å². The first kappa shape index (κ1) is 7.07. The van der Waals surface area contributed by atoms with Crippen LogP contribution in [-0.2, 0) is 0 Å². The Labute approximate surface area is 57.6 Å². The lowest BCUT2D eigenvalue weighted by Crippen LogP contribution is -2.01. The standard InChI is InChI=1S/C8H16N/c1-7(9)3-2-4-8-5-6-8/h7-9H,2-6H2,1H3. The second-order valence-electron chi connectivity index (χ2n) is 3.28. The Kier molecular flexibility index (Phi) is 2.52. The predicted molar refractivity (Wildman–Crippen MR) is 39.1 cm³/mol. The largest absolute Gasteiger partial charge is 0.255 e. The van der Waals surface area contributed by atoms with E-state index in [0.29, 0.717) is 0 Å². The molecule has 0 aromatic rings. The third-order valence-corrected chi connectivity index (χ3v) is 1.95. The van der Waals surface area contributed by atoms with Crippen molar-refractivity contribution in [3.63, 3.8) is 0 Å². The van der Waals surface area contributed by atoms with Crippen molar-refractivity contribution < 1.29 is 0 Å². The average Bonchev–Trinajstić information content (AvgIpc) is 2.48. The molecule has 1 saturated carbocycles. The molecule has 53 valence electrons. The number of rotatable bonds is 4. The summed E-state index contributed by atoms with van der Waals surface area (Å²) in [6, 6.07) is 0.170. The summed E-state index contributed by atoms with van der Waals surface area (Å²) < 4.78 is 0. The van der Waals surface area contributed by atoms with Crippen molar-refractivity contribution in [3.05, 3.63) is 0 Å². The van der Waals surface area contributed by atoms with Gasteiger partial charge in [0.2, 0.25) is 0 Å². The highest BCUT2D eigenvalue weighted by Gasteiger charge is 2.20. The molecule has 1 unspecified atom stereocenters. The summed E-state index contributed by atoms with van der Waals surface area (Å²) in [5.41, 5.74) is 7.24. The van der Waals surface area contributed by atoms with Gasteiger partial charge in [-0.2, -0.15) is 0 Å². The van der Waals surface area contributed by atoms with Gasteiger partial charge in [-0.3, -0.25) is 5.73 Å². The molecule has 0 aromatic carbocycles. The zero-order valence-corrected chi connectivity index (χ0v) is 6.19. The van der Waals surface area contributed by atoms with Crippen molar-refractivity contribution in [3.8, 4) is 0 Å². The summed E-state index contributed by atoms with van der Waals surface area (Å²) in [5, 5.41) is 0. The van der Waals surface area contributed by atoms with Gasteiger partial charge in [0.1, 0.15) is 0 Å². The molecule has 1 aliphatic carbocycles. The SMILES string of the molecule is CC([NH])CCCC1CC1. The fourth-order valence-electron chi connectivity index (χ4n) is 1.12. The highest BCUT2D eigenvalue weighted by molar-refractivity contribution is 4.73. The van der Waals surface area contributed by atoms with Gasteiger partial charge in [0.15, 0.2) is 0 Å². The molecule has 0 saturated heterocycles. The van der Waals surface area contributed by atoms with Crippen LogP contribution < -0.4 is 5.73 Å². The van der Waals surface area contributed by atoms with Crippen LogP contribution in [0.25, 0.3) is 0 Å². The van der Waals surface area contributed by atoms with E-state index in [9.17, 15) is 0 Å². The fourth-order valence-corrected chi connectivity index (χ4v) is 1.12. The molecular weight excluding hydrogens is 110 g/mol. The molecule has 0 heterocycles. The summed E-state index contributed by atoms with van der Waals surface area (Å²) in [6.07, 6.45) is 6.72. The van der Waals surface area contributed by atoms with Gasteiger partial charge in [-0.1, -0.05) is 25.7 Å². The van der Waals surface area contributed by atoms with Gasteiger partial charge in [0.05, 0.1) is 0 Å². The Morgan fingerprint density at radius 3 is 2.67 bits per heavy atom. The summed E-state index contributed by atoms with van der Waals surface area (Å²) in [4.78, 5) is 0. The lowest BCUT2D eigenvalue weighted by atomic mass is 10.1. The summed E-state index contributed by atoms with van der Waals surface area (Å²) >= 11 is 0. The Morgan fingerprint density at radius 2 is 2.22 bits per heavy atom. The molecule has 0 bridgehead atoms. The van der Waals surface area contributed by atoms with Gasteiger partial charge in [-0.05, 0) is 19.3 Å². The van der Waals surface area contributed by atoms with E-state index in [4.69, 9.17) is 5.73 Å². The van der Waals surface area contributed by atoms with E-state index < -0.39 is 0 Å². The van der Waals surface area contributed by atoms with Crippen LogP contribution in [0.3, 0.4) is 0 Å². The minimum atomic E-state index is 0.170. The van der Waals surface area contributed by atoms with Gasteiger partial charge in [-0.15, -0.1) is 0 Å². The third kappa shape index (κ3) is 3.52. The maximum Gasteiger partial charge on any atom is 0.0184 e. The van der Waals surface area contributed by atoms with Crippen LogP contribution >= 0.6 is 0 Å². The van der Waals surface area contributed by atoms with E-state index in [1.807, 2.05) is 6.92 Å². The van der Waals surface area contributed by atoms with Crippen molar-refractivity contribution in [2.75, 3.05) is 0 Å². The van der Waals surface area contributed by atoms with Crippen LogP contribution in [0.1, 0.15) is 39.0 Å². The highest BCUT2D eigenvalue weighted by Crippen LogP contribution is 2.33. The predicted octanol–water partition coefficient (Wildman–Crippen LogP) is 2.24. The Bertz CT molecular complexity index is 72.6. The molecule has 0 spiro atoms. The molecule has 1 atom stereocenters. The molecule has 1 heteroatoms. The topological polar surface area (TPSA) is 23.8 Å². The number of hydrogen-bond acceptors (Lipinski definition) is 0. The molecule has 1 nitrogen and oxygen atoms in total. The molecular formula is C8H16N. The van der Waals surface area contributed by atoms with E-state index in [1.54, 1.807) is 0 Å². The maximum absolute atomic E-state index is 7.24. The molecule has 1 aliphatic rings. The maximum atomic E-state index is 7.24. The average molecular weight is 126 g/mol. The van der Waals surface area contributed by atoms with Gasteiger partial charge in [0, 0.05) is 6.04 Å². The first-order chi connectivity index (χ1) is 4.29. The monoisotopic (exact) mass is 126 g/mol. The minimum absolute atomic E-state index is 0.170. The molecule has 0 amide bonds. The minimum Gasteiger partial charge on any atom is -0.255 e. The van der Waals surface area contributed by atoms with Crippen molar-refractivity contribution in [1.82, 2.24) is 5.73 Å². The van der Waals surface area contributed by atoms with Crippen molar-refractivity contribution in [1.29, 1.82) is 0 Å². The first-order valence-electron chi connectivity index (χ1n) is 4.00. The zero-order chi connectivity index (χ0) is 6.69. The molecule has 0 aromatic heterocycles. The molecule has 1 N–H and O–H groups in total. The summed E-state index contributed by atoms with van der Waals surface area (Å²) in [7, 11) is 0. The van der Waals surface area contributed by atoms with Crippen molar-refractivity contribution in [2.45, 2.75) is 45.1 Å². The van der Waals surface area contributed by atoms with Gasteiger partial charge < -0.3 is 0 Å². The normalized spacial score (nSPS) is 22.0. The fraction of sp³-hybridized carbons (Fsp3) is 1.00. The smallest absolute Gasteiger partial charge is 0.0184 e. The molecule has 1 fully saturated rings. The van der Waals surface area contributed by atoms with Gasteiger partial charge in [0.25, 0.3) is 0 Å². The first-order valence-corrected chi connectivity index (χ1v) is 4.00. The number of nitrogens with one attached hydrogen (secondary N) is 1. The Hall–Kier alpha value is -0.0400. The molecule has 1 radical (unpaired) electrons. The van der Waals surface area contributed by atoms with Crippen LogP contribution in [-0.4, -0.2) is 6.04 Å². The highest BCUT2D eigenvalue weighted by atomic mass is 14.6. The summed E-state index contributed by atoms with van der Waals surface area (Å²) in [5.74, 6) is 1.06. The summed E-state index contributed by atoms with van der Waals surface area (Å²) in [6.45, 7) is 1.98. The van der Waals surface area contributed by atoms with Crippen LogP contribution in [0, 0.1) is 5.92 Å². The van der Waals surface area contributed by atoms with Crippen LogP contribution in [0.15, 0.2) is 0 Å². The molecule has 0 aliphatic heterocycles. The Balaban J connectivity index is 1.81. The second kappa shape index (κ2) is 3.21. The Morgan fingerprint density at radius 1 is 1.56 bits per heavy atom. The van der Waals surface area contributed by atoms with Crippen LogP contribution in [0.5, 0.6) is 0 Å². The zero-order valence-electron chi connectivity index (χ0n) is 6.19. The molecule has 9 heavy (non-hydrogen) atoms. The van der Waals surface area contributed by atoms with Gasteiger partial charge >= 0.3 is 0 Å². The van der Waals surface area contributed by atoms with E-state index in [1.165, 1.54) is 25.7 Å². The third-order valence-electron chi connectivity index (χ3n) is 1.95. The van der Waals surface area contributed by atoms with E-state index >= 15 is 0 Å². The van der Waals surface area contributed by atoms with Crippen molar-refractivity contribution >= 4 is 0 Å². The van der Waals surface area contributed by atoms with Crippen LogP contribution in [0.4, 0.5) is 0 Å². The van der Waals surface area contributed by atoms with Crippen molar-refractivity contribution in [2.24, 2.45) is 5.92 Å². The van der Waals surface area contributed by atoms with E-state index in [-0.39, 0.29) is 6.04 Å². The lowest BCUT2D eigenvalue weighted by Gasteiger charge is -2.00. The quantitative estimate of drug-likeness (QED) is 0.551. The second-order valence-corrected chi connectivity index (χ2v) is 3.28. The van der Waals surface area contributed by atoms with Crippen LogP contribution in [0.2, 0.25) is 0 Å². The van der Waals surface area contributed by atoms with Gasteiger partial charge in [-0.25, -0.2) is 0 Å². The number of hydrogen-bond donors (Lipinski definition) is 0. The lowest BCUT2D eigenvalue weighted by molar-refractivity contribution is 0.561. The van der Waals surface area contributed by atoms with E-state index in [2.05, 4.69) is 0 Å².